The molecule has 0 N–H and O–H groups in total. The Morgan fingerprint density at radius 2 is 1.62 bits per heavy atom. The zero-order chi connectivity index (χ0) is 14.8. The van der Waals surface area contributed by atoms with Gasteiger partial charge in [0.1, 0.15) is 0 Å². The molecule has 0 bridgehead atoms. The maximum Gasteiger partial charge on any atom is 0.0796 e. The summed E-state index contributed by atoms with van der Waals surface area (Å²) in [7, 11) is 0. The summed E-state index contributed by atoms with van der Waals surface area (Å²) in [5.41, 5.74) is 4.87. The molecule has 0 saturated carbocycles. The fraction of sp³-hybridized carbons (Fsp3) is 0.0588. The molecule has 3 aromatic rings. The van der Waals surface area contributed by atoms with Crippen molar-refractivity contribution in [2.45, 2.75) is 11.8 Å². The molecular weight excluding hydrogens is 300 g/mol. The molecule has 0 spiro atoms. The first-order valence-electron chi connectivity index (χ1n) is 6.51. The van der Waals surface area contributed by atoms with E-state index in [9.17, 15) is 0 Å². The number of pyridine rings is 2. The molecule has 0 aliphatic heterocycles. The van der Waals surface area contributed by atoms with Crippen LogP contribution in [-0.4, -0.2) is 9.97 Å². The minimum atomic E-state index is 0.615. The third-order valence-electron chi connectivity index (χ3n) is 3.22. The van der Waals surface area contributed by atoms with Crippen molar-refractivity contribution in [2.75, 3.05) is 0 Å². The number of benzene rings is 1. The van der Waals surface area contributed by atoms with Crippen molar-refractivity contribution in [2.24, 2.45) is 0 Å². The summed E-state index contributed by atoms with van der Waals surface area (Å²) in [5.74, 6) is 0. The van der Waals surface area contributed by atoms with Gasteiger partial charge in [-0.25, -0.2) is 0 Å². The van der Waals surface area contributed by atoms with E-state index in [0.717, 1.165) is 33.0 Å². The van der Waals surface area contributed by atoms with E-state index in [1.165, 1.54) is 0 Å². The first-order chi connectivity index (χ1) is 10.1. The molecule has 0 fully saturated rings. The molecule has 1 aromatic carbocycles. The van der Waals surface area contributed by atoms with Crippen LogP contribution in [0.1, 0.15) is 5.69 Å². The van der Waals surface area contributed by atoms with E-state index in [1.54, 1.807) is 6.20 Å². The van der Waals surface area contributed by atoms with Crippen LogP contribution < -0.4 is 0 Å². The predicted octanol–water partition coefficient (Wildman–Crippen LogP) is 5.06. The van der Waals surface area contributed by atoms with Crippen molar-refractivity contribution in [1.29, 1.82) is 0 Å². The molecule has 104 valence electrons. The van der Waals surface area contributed by atoms with Gasteiger partial charge in [-0.2, -0.15) is 0 Å². The van der Waals surface area contributed by atoms with E-state index >= 15 is 0 Å². The molecule has 2 nitrogen and oxygen atoms in total. The van der Waals surface area contributed by atoms with Gasteiger partial charge in [0.2, 0.25) is 0 Å². The van der Waals surface area contributed by atoms with E-state index in [0.29, 0.717) is 5.02 Å². The first-order valence-corrected chi connectivity index (χ1v) is 7.34. The van der Waals surface area contributed by atoms with Crippen molar-refractivity contribution in [3.05, 3.63) is 65.6 Å². The van der Waals surface area contributed by atoms with E-state index in [4.69, 9.17) is 11.6 Å². The van der Waals surface area contributed by atoms with Crippen LogP contribution >= 0.6 is 24.2 Å². The molecule has 0 unspecified atom stereocenters. The van der Waals surface area contributed by atoms with Gasteiger partial charge in [-0.15, -0.1) is 12.6 Å². The predicted molar refractivity (Wildman–Crippen MR) is 89.9 cm³/mol. The van der Waals surface area contributed by atoms with Crippen LogP contribution in [0.3, 0.4) is 0 Å². The number of halogens is 1. The highest BCUT2D eigenvalue weighted by atomic mass is 35.5. The van der Waals surface area contributed by atoms with Crippen LogP contribution in [0.5, 0.6) is 0 Å². The molecule has 3 rings (SSSR count). The molecule has 0 aliphatic rings. The zero-order valence-corrected chi connectivity index (χ0v) is 13.1. The highest BCUT2D eigenvalue weighted by molar-refractivity contribution is 7.80. The molecule has 2 aromatic heterocycles. The molecule has 0 atom stereocenters. The zero-order valence-electron chi connectivity index (χ0n) is 11.4. The van der Waals surface area contributed by atoms with Crippen molar-refractivity contribution in [1.82, 2.24) is 9.97 Å². The molecule has 0 amide bonds. The SMILES string of the molecule is Cc1ccc(-c2ncc(Cl)cc2-c2ccc(S)cc2)cn1. The van der Waals surface area contributed by atoms with Crippen LogP contribution in [0.2, 0.25) is 5.02 Å². The lowest BCUT2D eigenvalue weighted by Gasteiger charge is -2.10. The maximum absolute atomic E-state index is 6.12. The Labute approximate surface area is 134 Å². The molecule has 4 heteroatoms. The van der Waals surface area contributed by atoms with Gasteiger partial charge in [0.25, 0.3) is 0 Å². The van der Waals surface area contributed by atoms with Gasteiger partial charge in [-0.3, -0.25) is 9.97 Å². The smallest absolute Gasteiger partial charge is 0.0796 e. The fourth-order valence-corrected chi connectivity index (χ4v) is 2.45. The van der Waals surface area contributed by atoms with Crippen molar-refractivity contribution in [3.63, 3.8) is 0 Å². The molecule has 0 saturated heterocycles. The van der Waals surface area contributed by atoms with E-state index in [2.05, 4.69) is 22.6 Å². The number of aromatic nitrogens is 2. The number of hydrogen-bond donors (Lipinski definition) is 1. The Hall–Kier alpha value is -1.84. The maximum atomic E-state index is 6.12. The third-order valence-corrected chi connectivity index (χ3v) is 3.72. The largest absolute Gasteiger partial charge is 0.261 e. The summed E-state index contributed by atoms with van der Waals surface area (Å²) >= 11 is 10.4. The van der Waals surface area contributed by atoms with Crippen molar-refractivity contribution in [3.8, 4) is 22.4 Å². The average molecular weight is 313 g/mol. The second-order valence-corrected chi connectivity index (χ2v) is 5.74. The fourth-order valence-electron chi connectivity index (χ4n) is 2.14. The van der Waals surface area contributed by atoms with E-state index < -0.39 is 0 Å². The summed E-state index contributed by atoms with van der Waals surface area (Å²) < 4.78 is 0. The highest BCUT2D eigenvalue weighted by Gasteiger charge is 2.10. The van der Waals surface area contributed by atoms with Gasteiger partial charge in [0, 0.05) is 34.1 Å². The summed E-state index contributed by atoms with van der Waals surface area (Å²) in [5, 5.41) is 0.615. The van der Waals surface area contributed by atoms with Crippen LogP contribution in [0.4, 0.5) is 0 Å². The molecule has 0 aliphatic carbocycles. The Balaban J connectivity index is 2.17. The Morgan fingerprint density at radius 3 is 2.29 bits per heavy atom. The highest BCUT2D eigenvalue weighted by Crippen LogP contribution is 2.32. The van der Waals surface area contributed by atoms with Gasteiger partial charge in [0.05, 0.1) is 10.7 Å². The monoisotopic (exact) mass is 312 g/mol. The summed E-state index contributed by atoms with van der Waals surface area (Å²) in [6.07, 6.45) is 3.50. The minimum Gasteiger partial charge on any atom is -0.261 e. The summed E-state index contributed by atoms with van der Waals surface area (Å²) in [4.78, 5) is 9.75. The molecule has 21 heavy (non-hydrogen) atoms. The Bertz CT molecular complexity index is 768. The summed E-state index contributed by atoms with van der Waals surface area (Å²) in [6.45, 7) is 1.96. The summed E-state index contributed by atoms with van der Waals surface area (Å²) in [6, 6.07) is 13.9. The van der Waals surface area contributed by atoms with Gasteiger partial charge in [-0.1, -0.05) is 23.7 Å². The first kappa shape index (κ1) is 14.1. The van der Waals surface area contributed by atoms with E-state index in [-0.39, 0.29) is 0 Å². The van der Waals surface area contributed by atoms with Gasteiger partial charge in [0.15, 0.2) is 0 Å². The molecule has 2 heterocycles. The third kappa shape index (κ3) is 3.09. The lowest BCUT2D eigenvalue weighted by molar-refractivity contribution is 1.19. The quantitative estimate of drug-likeness (QED) is 0.669. The van der Waals surface area contributed by atoms with Crippen LogP contribution in [0.15, 0.2) is 59.8 Å². The van der Waals surface area contributed by atoms with Crippen molar-refractivity contribution < 1.29 is 0 Å². The van der Waals surface area contributed by atoms with Gasteiger partial charge in [-0.05, 0) is 42.8 Å². The van der Waals surface area contributed by atoms with E-state index in [1.807, 2.05) is 55.6 Å². The number of nitrogens with zero attached hydrogens (tertiary/aromatic N) is 2. The molecular formula is C17H13ClN2S. The lowest BCUT2D eigenvalue weighted by Crippen LogP contribution is -1.91. The standard InChI is InChI=1S/C17H13ClN2S/c1-11-2-3-13(9-19-11)17-16(8-14(18)10-20-17)12-4-6-15(21)7-5-12/h2-10,21H,1H3. The van der Waals surface area contributed by atoms with Gasteiger partial charge >= 0.3 is 0 Å². The van der Waals surface area contributed by atoms with Crippen LogP contribution in [-0.2, 0) is 0 Å². The lowest BCUT2D eigenvalue weighted by atomic mass is 10.0. The number of hydrogen-bond acceptors (Lipinski definition) is 3. The average Bonchev–Trinajstić information content (AvgIpc) is 2.49. The Morgan fingerprint density at radius 1 is 0.905 bits per heavy atom. The second-order valence-electron chi connectivity index (χ2n) is 4.78. The van der Waals surface area contributed by atoms with Crippen LogP contribution in [0, 0.1) is 6.92 Å². The normalized spacial score (nSPS) is 10.6. The van der Waals surface area contributed by atoms with Gasteiger partial charge < -0.3 is 0 Å². The van der Waals surface area contributed by atoms with Crippen LogP contribution in [0.25, 0.3) is 22.4 Å². The van der Waals surface area contributed by atoms with Crippen molar-refractivity contribution >= 4 is 24.2 Å². The number of aryl methyl sites for hydroxylation is 1. The minimum absolute atomic E-state index is 0.615. The molecule has 0 radical (unpaired) electrons. The number of rotatable bonds is 2. The topological polar surface area (TPSA) is 25.8 Å². The Kier molecular flexibility index (Phi) is 3.95. The number of thiol groups is 1. The second kappa shape index (κ2) is 5.88.